The van der Waals surface area contributed by atoms with Gasteiger partial charge in [-0.25, -0.2) is 9.37 Å². The summed E-state index contributed by atoms with van der Waals surface area (Å²) in [6, 6.07) is -1.60. The molecule has 0 bridgehead atoms. The molecule has 3 rings (SSSR count). The topological polar surface area (TPSA) is 126 Å². The molecule has 3 N–H and O–H groups in total. The lowest BCUT2D eigenvalue weighted by molar-refractivity contribution is -0.151. The van der Waals surface area contributed by atoms with Crippen molar-refractivity contribution < 1.29 is 23.5 Å². The highest BCUT2D eigenvalue weighted by Crippen LogP contribution is 2.34. The molecule has 4 atom stereocenters. The highest BCUT2D eigenvalue weighted by molar-refractivity contribution is 5.78. The minimum atomic E-state index is -1.61. The maximum absolute atomic E-state index is 15.0. The van der Waals surface area contributed by atoms with E-state index in [0.29, 0.717) is 11.1 Å². The maximum Gasteiger partial charge on any atom is 0.303 e. The van der Waals surface area contributed by atoms with Crippen LogP contribution in [0.25, 0.3) is 11.0 Å². The van der Waals surface area contributed by atoms with Crippen LogP contribution in [0, 0.1) is 0 Å². The standard InChI is InChI=1S/C15H17FN4O5/c1-6(21)24-4-9-14(25-7(2)22)10(16)11(20-9)8-3-17-13-12(8)18-5-19-15(13)23/h3,5,9-11,14,17,20H,4H2,1-2H3,(H,18,19,23)/t9-,10?,11+,14-/m1/s1. The number of alkyl halides is 1. The van der Waals surface area contributed by atoms with E-state index in [1.807, 2.05) is 0 Å². The van der Waals surface area contributed by atoms with E-state index in [4.69, 9.17) is 9.47 Å². The molecule has 1 fully saturated rings. The molecule has 2 aromatic rings. The first-order valence-corrected chi connectivity index (χ1v) is 7.64. The van der Waals surface area contributed by atoms with Crippen LogP contribution in [0.4, 0.5) is 4.39 Å². The quantitative estimate of drug-likeness (QED) is 0.666. The number of aromatic nitrogens is 3. The number of carbonyl (C=O) groups is 2. The van der Waals surface area contributed by atoms with Crippen LogP contribution < -0.4 is 10.9 Å². The third-order valence-electron chi connectivity index (χ3n) is 4.02. The highest BCUT2D eigenvalue weighted by Gasteiger charge is 2.47. The Kier molecular flexibility index (Phi) is 4.53. The van der Waals surface area contributed by atoms with Gasteiger partial charge in [0.05, 0.1) is 18.4 Å². The summed E-state index contributed by atoms with van der Waals surface area (Å²) in [4.78, 5) is 43.4. The molecule has 2 aromatic heterocycles. The first kappa shape index (κ1) is 17.1. The number of H-pyrrole nitrogens is 2. The van der Waals surface area contributed by atoms with Gasteiger partial charge in [0.25, 0.3) is 5.56 Å². The molecular formula is C15H17FN4O5. The Labute approximate surface area is 140 Å². The van der Waals surface area contributed by atoms with E-state index in [0.717, 1.165) is 0 Å². The minimum absolute atomic E-state index is 0.152. The summed E-state index contributed by atoms with van der Waals surface area (Å²) in [5.74, 6) is -1.17. The molecule has 134 valence electrons. The van der Waals surface area contributed by atoms with Gasteiger partial charge < -0.3 is 19.4 Å². The lowest BCUT2D eigenvalue weighted by atomic mass is 10.0. The predicted octanol–water partition coefficient (Wildman–Crippen LogP) is 0.0970. The summed E-state index contributed by atoms with van der Waals surface area (Å²) < 4.78 is 25.0. The zero-order valence-corrected chi connectivity index (χ0v) is 13.5. The van der Waals surface area contributed by atoms with E-state index in [1.165, 1.54) is 26.4 Å². The molecule has 10 heteroatoms. The van der Waals surface area contributed by atoms with Crippen molar-refractivity contribution >= 4 is 23.0 Å². The van der Waals surface area contributed by atoms with Crippen molar-refractivity contribution in [1.29, 1.82) is 0 Å². The lowest BCUT2D eigenvalue weighted by Gasteiger charge is -2.19. The molecule has 9 nitrogen and oxygen atoms in total. The third kappa shape index (κ3) is 3.25. The van der Waals surface area contributed by atoms with Crippen LogP contribution in [-0.2, 0) is 19.1 Å². The van der Waals surface area contributed by atoms with Crippen molar-refractivity contribution in [1.82, 2.24) is 20.3 Å². The number of ether oxygens (including phenoxy) is 2. The number of nitrogens with one attached hydrogen (secondary N) is 3. The van der Waals surface area contributed by atoms with E-state index in [1.54, 1.807) is 0 Å². The van der Waals surface area contributed by atoms with Crippen LogP contribution in [0.2, 0.25) is 0 Å². The van der Waals surface area contributed by atoms with Gasteiger partial charge in [0.1, 0.15) is 17.6 Å². The number of esters is 2. The largest absolute Gasteiger partial charge is 0.464 e. The SMILES string of the molecule is CC(=O)OC[C@H]1N[C@@H](c2c[nH]c3c(=O)[nH]cnc23)C(F)[C@@H]1OC(C)=O. The van der Waals surface area contributed by atoms with Crippen LogP contribution in [0.1, 0.15) is 25.5 Å². The molecule has 3 heterocycles. The van der Waals surface area contributed by atoms with Gasteiger partial charge >= 0.3 is 11.9 Å². The molecule has 1 aliphatic heterocycles. The number of hydrogen-bond donors (Lipinski definition) is 3. The molecule has 0 aliphatic carbocycles. The fourth-order valence-electron chi connectivity index (χ4n) is 2.99. The fourth-order valence-corrected chi connectivity index (χ4v) is 2.99. The van der Waals surface area contributed by atoms with Crippen LogP contribution in [-0.4, -0.2) is 51.8 Å². The Hall–Kier alpha value is -2.75. The summed E-state index contributed by atoms with van der Waals surface area (Å²) in [7, 11) is 0. The fraction of sp³-hybridized carbons (Fsp3) is 0.467. The van der Waals surface area contributed by atoms with Crippen LogP contribution in [0.5, 0.6) is 0 Å². The molecule has 0 amide bonds. The van der Waals surface area contributed by atoms with Gasteiger partial charge in [-0.05, 0) is 0 Å². The number of fused-ring (bicyclic) bond motifs is 1. The zero-order valence-electron chi connectivity index (χ0n) is 13.5. The molecule has 0 radical (unpaired) electrons. The second kappa shape index (κ2) is 6.63. The molecule has 1 saturated heterocycles. The monoisotopic (exact) mass is 352 g/mol. The summed E-state index contributed by atoms with van der Waals surface area (Å²) in [6.07, 6.45) is -0.0290. The highest BCUT2D eigenvalue weighted by atomic mass is 19.1. The molecule has 25 heavy (non-hydrogen) atoms. The average molecular weight is 352 g/mol. The third-order valence-corrected chi connectivity index (χ3v) is 4.02. The normalized spacial score (nSPS) is 25.9. The summed E-state index contributed by atoms with van der Waals surface area (Å²) in [5.41, 5.74) is 0.589. The molecule has 0 saturated carbocycles. The Morgan fingerprint density at radius 2 is 2.04 bits per heavy atom. The van der Waals surface area contributed by atoms with Gasteiger partial charge in [-0.1, -0.05) is 0 Å². The van der Waals surface area contributed by atoms with Crippen LogP contribution >= 0.6 is 0 Å². The Balaban J connectivity index is 1.92. The van der Waals surface area contributed by atoms with Crippen LogP contribution in [0.3, 0.4) is 0 Å². The lowest BCUT2D eigenvalue weighted by Crippen LogP contribution is -2.39. The maximum atomic E-state index is 15.0. The van der Waals surface area contributed by atoms with Crippen molar-refractivity contribution in [3.63, 3.8) is 0 Å². The van der Waals surface area contributed by atoms with E-state index in [-0.39, 0.29) is 17.7 Å². The second-order valence-corrected chi connectivity index (χ2v) is 5.77. The number of hydrogen-bond acceptors (Lipinski definition) is 7. The number of rotatable bonds is 4. The predicted molar refractivity (Wildman–Crippen MR) is 83.5 cm³/mol. The number of aromatic amines is 2. The smallest absolute Gasteiger partial charge is 0.303 e. The minimum Gasteiger partial charge on any atom is -0.464 e. The van der Waals surface area contributed by atoms with Crippen molar-refractivity contribution in [2.45, 2.75) is 38.2 Å². The van der Waals surface area contributed by atoms with Crippen molar-refractivity contribution in [3.05, 3.63) is 28.4 Å². The first-order valence-electron chi connectivity index (χ1n) is 7.64. The van der Waals surface area contributed by atoms with Crippen molar-refractivity contribution in [2.75, 3.05) is 6.61 Å². The van der Waals surface area contributed by atoms with Crippen molar-refractivity contribution in [3.8, 4) is 0 Å². The van der Waals surface area contributed by atoms with Crippen LogP contribution in [0.15, 0.2) is 17.3 Å². The number of nitrogens with zero attached hydrogens (tertiary/aromatic N) is 1. The van der Waals surface area contributed by atoms with Gasteiger partial charge in [-0.3, -0.25) is 19.7 Å². The molecular weight excluding hydrogens is 335 g/mol. The second-order valence-electron chi connectivity index (χ2n) is 5.77. The molecule has 0 aromatic carbocycles. The van der Waals surface area contributed by atoms with Gasteiger partial charge in [0.15, 0.2) is 12.3 Å². The summed E-state index contributed by atoms with van der Waals surface area (Å²) in [6.45, 7) is 2.26. The average Bonchev–Trinajstić information content (AvgIpc) is 3.09. The molecule has 0 spiro atoms. The number of carbonyl (C=O) groups excluding carboxylic acids is 2. The molecule has 1 aliphatic rings. The summed E-state index contributed by atoms with van der Waals surface area (Å²) in [5, 5.41) is 2.96. The Morgan fingerprint density at radius 1 is 1.28 bits per heavy atom. The Bertz CT molecular complexity index is 863. The van der Waals surface area contributed by atoms with E-state index in [2.05, 4.69) is 20.3 Å². The Morgan fingerprint density at radius 3 is 2.72 bits per heavy atom. The van der Waals surface area contributed by atoms with Gasteiger partial charge in [-0.2, -0.15) is 0 Å². The molecule has 1 unspecified atom stereocenters. The van der Waals surface area contributed by atoms with E-state index in [9.17, 15) is 18.8 Å². The number of halogens is 1. The summed E-state index contributed by atoms with van der Waals surface area (Å²) >= 11 is 0. The first-order chi connectivity index (χ1) is 11.9. The zero-order chi connectivity index (χ0) is 18.1. The van der Waals surface area contributed by atoms with E-state index >= 15 is 0 Å². The van der Waals surface area contributed by atoms with Gasteiger partial charge in [-0.15, -0.1) is 0 Å². The van der Waals surface area contributed by atoms with Crippen molar-refractivity contribution in [2.24, 2.45) is 0 Å². The van der Waals surface area contributed by atoms with E-state index < -0.39 is 36.3 Å². The van der Waals surface area contributed by atoms with Gasteiger partial charge in [0.2, 0.25) is 0 Å². The van der Waals surface area contributed by atoms with Gasteiger partial charge in [0, 0.05) is 25.6 Å².